The minimum atomic E-state index is -4.62. The van der Waals surface area contributed by atoms with Crippen molar-refractivity contribution in [2.75, 3.05) is 31.1 Å². The molecule has 6 nitrogen and oxygen atoms in total. The van der Waals surface area contributed by atoms with Crippen molar-refractivity contribution in [3.05, 3.63) is 28.9 Å². The molecule has 0 spiro atoms. The zero-order valence-electron chi connectivity index (χ0n) is 15.7. The van der Waals surface area contributed by atoms with E-state index >= 15 is 0 Å². The van der Waals surface area contributed by atoms with E-state index in [2.05, 4.69) is 9.97 Å². The van der Waals surface area contributed by atoms with E-state index in [4.69, 9.17) is 16.3 Å². The second-order valence-corrected chi connectivity index (χ2v) is 7.92. The molecule has 0 bridgehead atoms. The maximum absolute atomic E-state index is 13.5. The molecule has 152 valence electrons. The molecule has 0 saturated carbocycles. The van der Waals surface area contributed by atoms with Crippen molar-refractivity contribution < 1.29 is 22.7 Å². The number of anilines is 1. The number of aromatic nitrogens is 2. The van der Waals surface area contributed by atoms with E-state index in [9.17, 15) is 18.0 Å². The van der Waals surface area contributed by atoms with Crippen LogP contribution in [0.5, 0.6) is 0 Å². The highest BCUT2D eigenvalue weighted by Crippen LogP contribution is 2.35. The summed E-state index contributed by atoms with van der Waals surface area (Å²) in [4.78, 5) is 23.3. The molecule has 2 aromatic rings. The predicted molar refractivity (Wildman–Crippen MR) is 99.6 cm³/mol. The van der Waals surface area contributed by atoms with Crippen LogP contribution < -0.4 is 4.90 Å². The second-order valence-electron chi connectivity index (χ2n) is 7.49. The second kappa shape index (κ2) is 7.27. The van der Waals surface area contributed by atoms with Crippen LogP contribution in [0.2, 0.25) is 5.02 Å². The molecular formula is C18H20ClF3N4O2. The molecule has 1 saturated heterocycles. The van der Waals surface area contributed by atoms with Gasteiger partial charge in [-0.3, -0.25) is 0 Å². The zero-order chi connectivity index (χ0) is 20.7. The molecule has 1 fully saturated rings. The summed E-state index contributed by atoms with van der Waals surface area (Å²) < 4.78 is 45.8. The van der Waals surface area contributed by atoms with Crippen LogP contribution >= 0.6 is 11.6 Å². The number of carbonyl (C=O) groups excluding carboxylic acids is 1. The van der Waals surface area contributed by atoms with Crippen molar-refractivity contribution in [1.82, 2.24) is 14.9 Å². The number of benzene rings is 1. The van der Waals surface area contributed by atoms with Crippen LogP contribution in [0.3, 0.4) is 0 Å². The Labute approximate surface area is 165 Å². The van der Waals surface area contributed by atoms with Crippen LogP contribution in [-0.4, -0.2) is 52.7 Å². The van der Waals surface area contributed by atoms with E-state index in [1.165, 1.54) is 23.1 Å². The van der Waals surface area contributed by atoms with Gasteiger partial charge in [-0.15, -0.1) is 0 Å². The minimum Gasteiger partial charge on any atom is -0.444 e. The van der Waals surface area contributed by atoms with Gasteiger partial charge in [0.05, 0.1) is 5.52 Å². The first kappa shape index (κ1) is 20.4. The lowest BCUT2D eigenvalue weighted by atomic mass is 10.2. The van der Waals surface area contributed by atoms with Gasteiger partial charge in [0.15, 0.2) is 5.69 Å². The smallest absolute Gasteiger partial charge is 0.434 e. The molecule has 0 atom stereocenters. The van der Waals surface area contributed by atoms with Gasteiger partial charge in [0.2, 0.25) is 5.95 Å². The SMILES string of the molecule is CC(C)(C)OC(=O)N1CCN(c2nc(C(F)(F)F)c3ccc(Cl)cc3n2)CC1. The summed E-state index contributed by atoms with van der Waals surface area (Å²) in [6.07, 6.45) is -5.07. The molecule has 0 radical (unpaired) electrons. The maximum Gasteiger partial charge on any atom is 0.434 e. The Morgan fingerprint density at radius 2 is 1.75 bits per heavy atom. The molecule has 2 heterocycles. The van der Waals surface area contributed by atoms with Gasteiger partial charge in [0.25, 0.3) is 0 Å². The number of amides is 1. The highest BCUT2D eigenvalue weighted by molar-refractivity contribution is 6.31. The Morgan fingerprint density at radius 3 is 2.32 bits per heavy atom. The van der Waals surface area contributed by atoms with Gasteiger partial charge in [-0.1, -0.05) is 11.6 Å². The van der Waals surface area contributed by atoms with Crippen LogP contribution in [-0.2, 0) is 10.9 Å². The van der Waals surface area contributed by atoms with Crippen molar-refractivity contribution >= 4 is 34.5 Å². The van der Waals surface area contributed by atoms with Crippen LogP contribution in [0.15, 0.2) is 18.2 Å². The molecule has 28 heavy (non-hydrogen) atoms. The number of carbonyl (C=O) groups is 1. The van der Waals surface area contributed by atoms with Gasteiger partial charge in [-0.25, -0.2) is 14.8 Å². The van der Waals surface area contributed by atoms with Gasteiger partial charge in [0.1, 0.15) is 5.60 Å². The van der Waals surface area contributed by atoms with Crippen molar-refractivity contribution in [3.8, 4) is 0 Å². The van der Waals surface area contributed by atoms with Crippen LogP contribution in [0.25, 0.3) is 10.9 Å². The number of halogens is 4. The predicted octanol–water partition coefficient (Wildman–Crippen LogP) is 4.36. The number of fused-ring (bicyclic) bond motifs is 1. The van der Waals surface area contributed by atoms with E-state index in [0.717, 1.165) is 0 Å². The van der Waals surface area contributed by atoms with Gasteiger partial charge in [-0.05, 0) is 39.0 Å². The third-order valence-electron chi connectivity index (χ3n) is 4.13. The Kier molecular flexibility index (Phi) is 5.31. The van der Waals surface area contributed by atoms with Gasteiger partial charge >= 0.3 is 12.3 Å². The molecule has 1 aromatic heterocycles. The number of ether oxygens (including phenoxy) is 1. The average Bonchev–Trinajstić information content (AvgIpc) is 2.58. The molecule has 3 rings (SSSR count). The van der Waals surface area contributed by atoms with Gasteiger partial charge in [-0.2, -0.15) is 13.2 Å². The standard InChI is InChI=1S/C18H20ClF3N4O2/c1-17(2,3)28-16(27)26-8-6-25(7-9-26)15-23-13-10-11(19)4-5-12(13)14(24-15)18(20,21)22/h4-5,10H,6-9H2,1-3H3. The Balaban J connectivity index is 1.84. The zero-order valence-corrected chi connectivity index (χ0v) is 16.4. The Hall–Kier alpha value is -2.29. The average molecular weight is 417 g/mol. The molecule has 1 aliphatic heterocycles. The van der Waals surface area contributed by atoms with E-state index in [-0.39, 0.29) is 16.9 Å². The third kappa shape index (κ3) is 4.57. The first-order valence-corrected chi connectivity index (χ1v) is 9.09. The van der Waals surface area contributed by atoms with E-state index in [1.807, 2.05) is 0 Å². The number of nitrogens with zero attached hydrogens (tertiary/aromatic N) is 4. The number of alkyl halides is 3. The highest BCUT2D eigenvalue weighted by Gasteiger charge is 2.36. The van der Waals surface area contributed by atoms with Gasteiger partial charge in [0, 0.05) is 36.6 Å². The lowest BCUT2D eigenvalue weighted by Crippen LogP contribution is -2.50. The lowest BCUT2D eigenvalue weighted by molar-refractivity contribution is -0.139. The lowest BCUT2D eigenvalue weighted by Gasteiger charge is -2.35. The summed E-state index contributed by atoms with van der Waals surface area (Å²) in [6, 6.07) is 4.03. The number of piperazine rings is 1. The molecule has 1 aromatic carbocycles. The quantitative estimate of drug-likeness (QED) is 0.691. The fourth-order valence-electron chi connectivity index (χ4n) is 2.86. The van der Waals surface area contributed by atoms with E-state index in [0.29, 0.717) is 31.2 Å². The summed E-state index contributed by atoms with van der Waals surface area (Å²) in [7, 11) is 0. The first-order valence-electron chi connectivity index (χ1n) is 8.71. The fourth-order valence-corrected chi connectivity index (χ4v) is 3.03. The molecule has 1 amide bonds. The molecular weight excluding hydrogens is 397 g/mol. The van der Waals surface area contributed by atoms with Gasteiger partial charge < -0.3 is 14.5 Å². The normalized spacial score (nSPS) is 15.8. The van der Waals surface area contributed by atoms with E-state index in [1.54, 1.807) is 25.7 Å². The molecule has 0 aliphatic carbocycles. The monoisotopic (exact) mass is 416 g/mol. The molecule has 0 unspecified atom stereocenters. The van der Waals surface area contributed by atoms with Crippen LogP contribution in [0.4, 0.5) is 23.9 Å². The third-order valence-corrected chi connectivity index (χ3v) is 4.36. The summed E-state index contributed by atoms with van der Waals surface area (Å²) in [5.74, 6) is -0.0362. The largest absolute Gasteiger partial charge is 0.444 e. The number of hydrogen-bond acceptors (Lipinski definition) is 5. The summed E-state index contributed by atoms with van der Waals surface area (Å²) in [5, 5.41) is 0.188. The fraction of sp³-hybridized carbons (Fsp3) is 0.500. The topological polar surface area (TPSA) is 58.6 Å². The maximum atomic E-state index is 13.5. The van der Waals surface area contributed by atoms with Crippen LogP contribution in [0.1, 0.15) is 26.5 Å². The molecule has 0 N–H and O–H groups in total. The summed E-state index contributed by atoms with van der Waals surface area (Å²) in [5.41, 5.74) is -1.49. The minimum absolute atomic E-state index is 0.0362. The first-order chi connectivity index (χ1) is 12.9. The van der Waals surface area contributed by atoms with Crippen molar-refractivity contribution in [2.24, 2.45) is 0 Å². The highest BCUT2D eigenvalue weighted by atomic mass is 35.5. The summed E-state index contributed by atoms with van der Waals surface area (Å²) >= 11 is 5.92. The van der Waals surface area contributed by atoms with Crippen molar-refractivity contribution in [2.45, 2.75) is 32.5 Å². The van der Waals surface area contributed by atoms with E-state index < -0.39 is 23.6 Å². The van der Waals surface area contributed by atoms with Crippen LogP contribution in [0, 0.1) is 0 Å². The van der Waals surface area contributed by atoms with Crippen molar-refractivity contribution in [3.63, 3.8) is 0 Å². The Bertz CT molecular complexity index is 891. The number of rotatable bonds is 1. The summed E-state index contributed by atoms with van der Waals surface area (Å²) in [6.45, 7) is 6.50. The Morgan fingerprint density at radius 1 is 1.11 bits per heavy atom. The van der Waals surface area contributed by atoms with Crippen molar-refractivity contribution in [1.29, 1.82) is 0 Å². The molecule has 1 aliphatic rings. The molecule has 10 heteroatoms. The number of hydrogen-bond donors (Lipinski definition) is 0.